The Bertz CT molecular complexity index is 587. The fourth-order valence-electron chi connectivity index (χ4n) is 3.27. The Morgan fingerprint density at radius 2 is 2.15 bits per heavy atom. The van der Waals surface area contributed by atoms with E-state index in [1.54, 1.807) is 0 Å². The Kier molecular flexibility index (Phi) is 3.28. The molecule has 4 rings (SSSR count). The molecule has 1 aromatic carbocycles. The summed E-state index contributed by atoms with van der Waals surface area (Å²) in [5, 5.41) is 7.83. The van der Waals surface area contributed by atoms with Crippen molar-refractivity contribution in [1.82, 2.24) is 15.1 Å². The Balaban J connectivity index is 1.64. The molecule has 0 spiro atoms. The van der Waals surface area contributed by atoms with Crippen molar-refractivity contribution >= 4 is 11.8 Å². The molecule has 1 atom stereocenters. The first-order chi connectivity index (χ1) is 9.92. The molecule has 104 valence electrons. The third kappa shape index (κ3) is 2.17. The molecule has 2 aliphatic rings. The van der Waals surface area contributed by atoms with Gasteiger partial charge in [0.2, 0.25) is 0 Å². The fourth-order valence-corrected chi connectivity index (χ4v) is 4.53. The zero-order valence-electron chi connectivity index (χ0n) is 11.5. The van der Waals surface area contributed by atoms with Gasteiger partial charge in [0.15, 0.2) is 0 Å². The summed E-state index contributed by atoms with van der Waals surface area (Å²) in [6, 6.07) is 11.3. The van der Waals surface area contributed by atoms with E-state index in [4.69, 9.17) is 0 Å². The molecule has 3 nitrogen and oxygen atoms in total. The molecule has 0 radical (unpaired) electrons. The van der Waals surface area contributed by atoms with Gasteiger partial charge in [-0.1, -0.05) is 30.3 Å². The monoisotopic (exact) mass is 285 g/mol. The van der Waals surface area contributed by atoms with Gasteiger partial charge < -0.3 is 0 Å². The van der Waals surface area contributed by atoms with Crippen LogP contribution in [-0.2, 0) is 13.0 Å². The van der Waals surface area contributed by atoms with Crippen LogP contribution in [0.15, 0.2) is 30.3 Å². The van der Waals surface area contributed by atoms with Crippen molar-refractivity contribution in [3.8, 4) is 11.3 Å². The lowest BCUT2D eigenvalue weighted by molar-refractivity contribution is 0.194. The third-order valence-corrected chi connectivity index (χ3v) is 5.58. The van der Waals surface area contributed by atoms with E-state index in [0.29, 0.717) is 0 Å². The highest BCUT2D eigenvalue weighted by Crippen LogP contribution is 2.31. The van der Waals surface area contributed by atoms with Crippen LogP contribution in [0.2, 0.25) is 0 Å². The molecule has 0 amide bonds. The van der Waals surface area contributed by atoms with Gasteiger partial charge in [-0.2, -0.15) is 16.9 Å². The van der Waals surface area contributed by atoms with Gasteiger partial charge in [0.05, 0.1) is 5.69 Å². The number of benzene rings is 1. The van der Waals surface area contributed by atoms with E-state index in [0.717, 1.165) is 24.7 Å². The van der Waals surface area contributed by atoms with Gasteiger partial charge in [-0.05, 0) is 12.2 Å². The number of H-pyrrole nitrogens is 1. The summed E-state index contributed by atoms with van der Waals surface area (Å²) in [7, 11) is 0. The maximum absolute atomic E-state index is 4.57. The molecule has 20 heavy (non-hydrogen) atoms. The Morgan fingerprint density at radius 1 is 1.25 bits per heavy atom. The SMILES string of the molecule is c1ccc(-c2n[nH]c3c2CN(C2CCSC2)CC3)cc1. The highest BCUT2D eigenvalue weighted by atomic mass is 32.2. The van der Waals surface area contributed by atoms with Crippen molar-refractivity contribution in [2.24, 2.45) is 0 Å². The van der Waals surface area contributed by atoms with Gasteiger partial charge in [0, 0.05) is 48.1 Å². The number of nitrogens with zero attached hydrogens (tertiary/aromatic N) is 2. The minimum absolute atomic E-state index is 0.770. The van der Waals surface area contributed by atoms with Gasteiger partial charge in [0.1, 0.15) is 0 Å². The van der Waals surface area contributed by atoms with Crippen LogP contribution in [0, 0.1) is 0 Å². The van der Waals surface area contributed by atoms with E-state index in [2.05, 4.69) is 57.2 Å². The Morgan fingerprint density at radius 3 is 2.95 bits per heavy atom. The van der Waals surface area contributed by atoms with Crippen LogP contribution in [0.1, 0.15) is 17.7 Å². The molecule has 0 saturated carbocycles. The van der Waals surface area contributed by atoms with Gasteiger partial charge in [-0.3, -0.25) is 10.00 Å². The number of nitrogens with one attached hydrogen (secondary N) is 1. The second-order valence-corrected chi connectivity index (χ2v) is 6.78. The van der Waals surface area contributed by atoms with E-state index in [1.807, 2.05) is 0 Å². The van der Waals surface area contributed by atoms with E-state index < -0.39 is 0 Å². The number of aromatic amines is 1. The quantitative estimate of drug-likeness (QED) is 0.920. The predicted octanol–water partition coefficient (Wildman–Crippen LogP) is 2.94. The molecule has 1 saturated heterocycles. The van der Waals surface area contributed by atoms with Crippen molar-refractivity contribution < 1.29 is 0 Å². The highest BCUT2D eigenvalue weighted by Gasteiger charge is 2.29. The van der Waals surface area contributed by atoms with Crippen LogP contribution >= 0.6 is 11.8 Å². The molecule has 2 aromatic rings. The maximum Gasteiger partial charge on any atom is 0.0968 e. The molecular weight excluding hydrogens is 266 g/mol. The molecule has 1 N–H and O–H groups in total. The second kappa shape index (κ2) is 5.26. The molecular formula is C16H19N3S. The van der Waals surface area contributed by atoms with Crippen LogP contribution in [0.4, 0.5) is 0 Å². The standard InChI is InChI=1S/C16H19N3S/c1-2-4-12(5-3-1)16-14-10-19(13-7-9-20-11-13)8-6-15(14)17-18-16/h1-5,13H,6-11H2,(H,17,18). The number of aromatic nitrogens is 2. The summed E-state index contributed by atoms with van der Waals surface area (Å²) in [5.41, 5.74) is 5.13. The first kappa shape index (κ1) is 12.5. The summed E-state index contributed by atoms with van der Waals surface area (Å²) in [5.74, 6) is 2.62. The zero-order chi connectivity index (χ0) is 13.4. The van der Waals surface area contributed by atoms with Crippen LogP contribution in [0.25, 0.3) is 11.3 Å². The highest BCUT2D eigenvalue weighted by molar-refractivity contribution is 7.99. The summed E-state index contributed by atoms with van der Waals surface area (Å²) in [6.45, 7) is 2.23. The van der Waals surface area contributed by atoms with Gasteiger partial charge in [-0.15, -0.1) is 0 Å². The van der Waals surface area contributed by atoms with Crippen molar-refractivity contribution in [2.75, 3.05) is 18.1 Å². The number of thioether (sulfide) groups is 1. The summed E-state index contributed by atoms with van der Waals surface area (Å²) in [4.78, 5) is 2.66. The van der Waals surface area contributed by atoms with Crippen molar-refractivity contribution in [3.05, 3.63) is 41.6 Å². The molecule has 1 aromatic heterocycles. The summed E-state index contributed by atoms with van der Waals surface area (Å²) < 4.78 is 0. The van der Waals surface area contributed by atoms with Gasteiger partial charge >= 0.3 is 0 Å². The molecule has 2 aliphatic heterocycles. The van der Waals surface area contributed by atoms with Gasteiger partial charge in [-0.25, -0.2) is 0 Å². The molecule has 3 heterocycles. The smallest absolute Gasteiger partial charge is 0.0968 e. The molecule has 1 unspecified atom stereocenters. The summed E-state index contributed by atoms with van der Waals surface area (Å²) in [6.07, 6.45) is 2.45. The normalized spacial score (nSPS) is 22.9. The lowest BCUT2D eigenvalue weighted by Gasteiger charge is -2.31. The van der Waals surface area contributed by atoms with E-state index in [-0.39, 0.29) is 0 Å². The van der Waals surface area contributed by atoms with Gasteiger partial charge in [0.25, 0.3) is 0 Å². The lowest BCUT2D eigenvalue weighted by atomic mass is 9.99. The third-order valence-electron chi connectivity index (χ3n) is 4.43. The minimum atomic E-state index is 0.770. The fraction of sp³-hybridized carbons (Fsp3) is 0.438. The molecule has 4 heteroatoms. The number of fused-ring (bicyclic) bond motifs is 1. The average molecular weight is 285 g/mol. The second-order valence-electron chi connectivity index (χ2n) is 5.63. The van der Waals surface area contributed by atoms with Crippen molar-refractivity contribution in [3.63, 3.8) is 0 Å². The predicted molar refractivity (Wildman–Crippen MR) is 83.9 cm³/mol. The number of rotatable bonds is 2. The first-order valence-corrected chi connectivity index (χ1v) is 8.50. The van der Waals surface area contributed by atoms with Crippen molar-refractivity contribution in [2.45, 2.75) is 25.4 Å². The summed E-state index contributed by atoms with van der Waals surface area (Å²) >= 11 is 2.09. The van der Waals surface area contributed by atoms with Crippen molar-refractivity contribution in [1.29, 1.82) is 0 Å². The average Bonchev–Trinajstić information content (AvgIpc) is 3.17. The topological polar surface area (TPSA) is 31.9 Å². The van der Waals surface area contributed by atoms with Crippen LogP contribution < -0.4 is 0 Å². The van der Waals surface area contributed by atoms with Crippen LogP contribution in [-0.4, -0.2) is 39.2 Å². The molecule has 1 fully saturated rings. The van der Waals surface area contributed by atoms with Crippen LogP contribution in [0.3, 0.4) is 0 Å². The Labute approximate surface area is 123 Å². The number of hydrogen-bond acceptors (Lipinski definition) is 3. The number of hydrogen-bond donors (Lipinski definition) is 1. The molecule has 0 bridgehead atoms. The minimum Gasteiger partial charge on any atom is -0.295 e. The maximum atomic E-state index is 4.57. The van der Waals surface area contributed by atoms with E-state index in [9.17, 15) is 0 Å². The van der Waals surface area contributed by atoms with Crippen LogP contribution in [0.5, 0.6) is 0 Å². The van der Waals surface area contributed by atoms with E-state index >= 15 is 0 Å². The molecule has 0 aliphatic carbocycles. The van der Waals surface area contributed by atoms with E-state index in [1.165, 1.54) is 41.3 Å². The zero-order valence-corrected chi connectivity index (χ0v) is 12.3. The largest absolute Gasteiger partial charge is 0.295 e. The first-order valence-electron chi connectivity index (χ1n) is 7.35. The lowest BCUT2D eigenvalue weighted by Crippen LogP contribution is -2.39. The Hall–Kier alpha value is -1.26.